The minimum atomic E-state index is -1.27. The van der Waals surface area contributed by atoms with Crippen LogP contribution in [0.2, 0.25) is 0 Å². The van der Waals surface area contributed by atoms with Crippen molar-refractivity contribution in [3.05, 3.63) is 0 Å². The van der Waals surface area contributed by atoms with Gasteiger partial charge in [-0.25, -0.2) is 0 Å². The molecule has 0 spiro atoms. The van der Waals surface area contributed by atoms with E-state index in [0.717, 1.165) is 0 Å². The van der Waals surface area contributed by atoms with Crippen molar-refractivity contribution in [1.82, 2.24) is 0 Å². The van der Waals surface area contributed by atoms with Gasteiger partial charge in [-0.3, -0.25) is 9.59 Å². The number of carboxylic acids is 1. The van der Waals surface area contributed by atoms with Crippen LogP contribution in [-0.4, -0.2) is 28.9 Å². The molecule has 0 aromatic heterocycles. The van der Waals surface area contributed by atoms with Gasteiger partial charge in [-0.05, 0) is 0 Å². The van der Waals surface area contributed by atoms with Crippen LogP contribution >= 0.6 is 0 Å². The smallest absolute Gasteiger partial charge is 0.319 e. The maximum absolute atomic E-state index is 10.1. The molecule has 11 heavy (non-hydrogen) atoms. The Balaban J connectivity index is -0.000000320. The topological polar surface area (TPSA) is 83.8 Å². The van der Waals surface area contributed by atoms with Gasteiger partial charge in [0.25, 0.3) is 0 Å². The lowest BCUT2D eigenvalue weighted by atomic mass is 10.4. The summed E-state index contributed by atoms with van der Waals surface area (Å²) in [6, 6.07) is 0. The van der Waals surface area contributed by atoms with Crippen LogP contribution in [0.1, 0.15) is 21.3 Å². The molecule has 5 nitrogen and oxygen atoms in total. The van der Waals surface area contributed by atoms with Crippen molar-refractivity contribution in [2.75, 3.05) is 6.79 Å². The summed E-state index contributed by atoms with van der Waals surface area (Å²) < 4.78 is 3.89. The van der Waals surface area contributed by atoms with E-state index in [4.69, 9.17) is 10.2 Å². The van der Waals surface area contributed by atoms with Crippen LogP contribution in [0.25, 0.3) is 0 Å². The van der Waals surface area contributed by atoms with E-state index >= 15 is 0 Å². The molecule has 0 bridgehead atoms. The summed E-state index contributed by atoms with van der Waals surface area (Å²) in [6.07, 6.45) is -0.708. The first kappa shape index (κ1) is 16.5. The Bertz CT molecular complexity index is 120. The minimum Gasteiger partial charge on any atom is -0.481 e. The molecule has 0 aliphatic rings. The normalized spacial score (nSPS) is 7.00. The van der Waals surface area contributed by atoms with Crippen molar-refractivity contribution >= 4 is 11.9 Å². The van der Waals surface area contributed by atoms with Crippen LogP contribution in [-0.2, 0) is 14.3 Å². The Morgan fingerprint density at radius 1 is 1.27 bits per heavy atom. The highest BCUT2D eigenvalue weighted by Gasteiger charge is 2.06. The quantitative estimate of drug-likeness (QED) is 0.356. The number of rotatable bonds is 3. The molecule has 2 N–H and O–H groups in total. The molecule has 0 heterocycles. The fourth-order valence-corrected chi connectivity index (χ4v) is 0.247. The van der Waals surface area contributed by atoms with E-state index in [1.165, 1.54) is 0 Å². The molecule has 0 saturated heterocycles. The molecule has 0 aliphatic carbocycles. The van der Waals surface area contributed by atoms with E-state index < -0.39 is 25.2 Å². The van der Waals surface area contributed by atoms with E-state index in [-0.39, 0.29) is 14.9 Å². The van der Waals surface area contributed by atoms with Crippen LogP contribution in [0, 0.1) is 0 Å². The standard InChI is InChI=1S/C4H6O5.2CH4/c5-2-9-4(8)1-3(6)7;;/h5H,1-2H2,(H,6,7);2*1H4. The molecule has 0 aliphatic heterocycles. The van der Waals surface area contributed by atoms with Crippen LogP contribution in [0.5, 0.6) is 0 Å². The van der Waals surface area contributed by atoms with Gasteiger partial charge in [-0.15, -0.1) is 0 Å². The van der Waals surface area contributed by atoms with Gasteiger partial charge in [0.2, 0.25) is 0 Å². The lowest BCUT2D eigenvalue weighted by molar-refractivity contribution is -0.157. The highest BCUT2D eigenvalue weighted by Crippen LogP contribution is 1.83. The highest BCUT2D eigenvalue weighted by molar-refractivity contribution is 5.89. The molecular formula is C6H14O5. The van der Waals surface area contributed by atoms with Crippen molar-refractivity contribution in [2.24, 2.45) is 0 Å². The lowest BCUT2D eigenvalue weighted by Gasteiger charge is -1.94. The number of esters is 1. The van der Waals surface area contributed by atoms with Crippen LogP contribution in [0.4, 0.5) is 0 Å². The summed E-state index contributed by atoms with van der Waals surface area (Å²) in [5.74, 6) is -2.21. The summed E-state index contributed by atoms with van der Waals surface area (Å²) in [6.45, 7) is -0.772. The molecule has 0 radical (unpaired) electrons. The van der Waals surface area contributed by atoms with Gasteiger partial charge in [0.05, 0.1) is 0 Å². The average molecular weight is 166 g/mol. The van der Waals surface area contributed by atoms with Gasteiger partial charge in [0, 0.05) is 0 Å². The Kier molecular flexibility index (Phi) is 13.3. The molecule has 0 unspecified atom stereocenters. The number of hydrogen-bond acceptors (Lipinski definition) is 4. The number of hydrogen-bond donors (Lipinski definition) is 2. The second-order valence-electron chi connectivity index (χ2n) is 1.22. The number of carbonyl (C=O) groups is 2. The zero-order valence-corrected chi connectivity index (χ0v) is 4.53. The maximum Gasteiger partial charge on any atom is 0.319 e. The molecule has 0 saturated carbocycles. The van der Waals surface area contributed by atoms with Crippen LogP contribution < -0.4 is 0 Å². The zero-order valence-electron chi connectivity index (χ0n) is 4.53. The summed E-state index contributed by atoms with van der Waals surface area (Å²) in [5, 5.41) is 15.8. The Hall–Kier alpha value is -1.10. The first-order chi connectivity index (χ1) is 4.16. The largest absolute Gasteiger partial charge is 0.481 e. The van der Waals surface area contributed by atoms with E-state index in [2.05, 4.69) is 4.74 Å². The third-order valence-electron chi connectivity index (χ3n) is 0.521. The Morgan fingerprint density at radius 3 is 2.00 bits per heavy atom. The number of ether oxygens (including phenoxy) is 1. The number of carboxylic acid groups (broad SMARTS) is 1. The van der Waals surface area contributed by atoms with Crippen LogP contribution in [0.15, 0.2) is 0 Å². The third-order valence-corrected chi connectivity index (χ3v) is 0.521. The molecule has 0 fully saturated rings. The first-order valence-electron chi connectivity index (χ1n) is 2.15. The summed E-state index contributed by atoms with van der Waals surface area (Å²) in [5.41, 5.74) is 0. The van der Waals surface area contributed by atoms with Gasteiger partial charge in [0.15, 0.2) is 6.79 Å². The molecule has 5 heteroatoms. The molecule has 68 valence electrons. The summed E-state index contributed by atoms with van der Waals surface area (Å²) >= 11 is 0. The number of carbonyl (C=O) groups excluding carboxylic acids is 1. The van der Waals surface area contributed by atoms with E-state index in [0.29, 0.717) is 0 Å². The summed E-state index contributed by atoms with van der Waals surface area (Å²) in [7, 11) is 0. The maximum atomic E-state index is 10.1. The summed E-state index contributed by atoms with van der Waals surface area (Å²) in [4.78, 5) is 19.8. The molecule has 0 atom stereocenters. The van der Waals surface area contributed by atoms with Gasteiger partial charge < -0.3 is 14.9 Å². The third kappa shape index (κ3) is 12.2. The second kappa shape index (κ2) is 8.90. The number of aliphatic carboxylic acids is 1. The lowest BCUT2D eigenvalue weighted by Crippen LogP contribution is -2.10. The molecular weight excluding hydrogens is 152 g/mol. The van der Waals surface area contributed by atoms with Crippen molar-refractivity contribution in [3.8, 4) is 0 Å². The predicted octanol–water partition coefficient (Wildman–Crippen LogP) is 0.226. The average Bonchev–Trinajstić information content (AvgIpc) is 1.63. The zero-order chi connectivity index (χ0) is 7.28. The molecule has 0 rings (SSSR count). The van der Waals surface area contributed by atoms with Crippen molar-refractivity contribution < 1.29 is 24.5 Å². The molecule has 0 aromatic rings. The Labute approximate surface area is 65.6 Å². The highest BCUT2D eigenvalue weighted by atomic mass is 16.6. The van der Waals surface area contributed by atoms with Crippen molar-refractivity contribution in [1.29, 1.82) is 0 Å². The van der Waals surface area contributed by atoms with Crippen LogP contribution in [0.3, 0.4) is 0 Å². The van der Waals surface area contributed by atoms with Crippen molar-refractivity contribution in [2.45, 2.75) is 21.3 Å². The molecule has 0 amide bonds. The minimum absolute atomic E-state index is 0. The monoisotopic (exact) mass is 166 g/mol. The Morgan fingerprint density at radius 2 is 1.73 bits per heavy atom. The SMILES string of the molecule is C.C.O=C(O)CC(=O)OCO. The van der Waals surface area contributed by atoms with E-state index in [1.54, 1.807) is 0 Å². The van der Waals surface area contributed by atoms with Gasteiger partial charge in [-0.1, -0.05) is 14.9 Å². The van der Waals surface area contributed by atoms with E-state index in [9.17, 15) is 9.59 Å². The fourth-order valence-electron chi connectivity index (χ4n) is 0.247. The number of aliphatic hydroxyl groups excluding tert-OH is 1. The molecule has 0 aromatic carbocycles. The van der Waals surface area contributed by atoms with Crippen molar-refractivity contribution in [3.63, 3.8) is 0 Å². The second-order valence-corrected chi connectivity index (χ2v) is 1.22. The van der Waals surface area contributed by atoms with E-state index in [1.807, 2.05) is 0 Å². The van der Waals surface area contributed by atoms with Gasteiger partial charge in [-0.2, -0.15) is 0 Å². The fraction of sp³-hybridized carbons (Fsp3) is 0.667. The first-order valence-corrected chi connectivity index (χ1v) is 2.15. The number of aliphatic hydroxyl groups is 1. The van der Waals surface area contributed by atoms with Gasteiger partial charge >= 0.3 is 11.9 Å². The predicted molar refractivity (Wildman–Crippen MR) is 38.9 cm³/mol. The van der Waals surface area contributed by atoms with Gasteiger partial charge in [0.1, 0.15) is 6.42 Å².